The summed E-state index contributed by atoms with van der Waals surface area (Å²) in [6, 6.07) is 8.91. The lowest BCUT2D eigenvalue weighted by molar-refractivity contribution is -0.128. The lowest BCUT2D eigenvalue weighted by Gasteiger charge is -2.38. The minimum absolute atomic E-state index is 0.0619. The number of carbonyl (C=O) groups is 1. The van der Waals surface area contributed by atoms with E-state index in [2.05, 4.69) is 65.8 Å². The first kappa shape index (κ1) is 16.3. The van der Waals surface area contributed by atoms with Crippen molar-refractivity contribution in [2.24, 2.45) is 11.8 Å². The Labute approximate surface area is 130 Å². The largest absolute Gasteiger partial charge is 0.299 e. The zero-order valence-corrected chi connectivity index (χ0v) is 14.5. The van der Waals surface area contributed by atoms with Crippen LogP contribution in [0.1, 0.15) is 71.9 Å². The van der Waals surface area contributed by atoms with Crippen LogP contribution in [0.4, 0.5) is 0 Å². The van der Waals surface area contributed by atoms with E-state index in [1.54, 1.807) is 0 Å². The summed E-state index contributed by atoms with van der Waals surface area (Å²) in [4.78, 5) is 12.5. The molecule has 2 unspecified atom stereocenters. The molecule has 21 heavy (non-hydrogen) atoms. The Balaban J connectivity index is 2.25. The van der Waals surface area contributed by atoms with Gasteiger partial charge in [0.15, 0.2) is 0 Å². The Hall–Kier alpha value is -1.11. The standard InChI is InChI=1S/C20H30O/c1-14-7-12-17(18(21)13-14)20(5,6)16-10-8-15(9-11-16)19(2,3)4/h8-11,14,17H,7,12-13H2,1-6H3. The highest BCUT2D eigenvalue weighted by atomic mass is 16.1. The van der Waals surface area contributed by atoms with Crippen LogP contribution < -0.4 is 0 Å². The van der Waals surface area contributed by atoms with E-state index >= 15 is 0 Å². The summed E-state index contributed by atoms with van der Waals surface area (Å²) in [6.45, 7) is 13.4. The topological polar surface area (TPSA) is 17.1 Å². The Morgan fingerprint density at radius 1 is 0.905 bits per heavy atom. The summed E-state index contributed by atoms with van der Waals surface area (Å²) in [5.41, 5.74) is 2.76. The van der Waals surface area contributed by atoms with E-state index in [9.17, 15) is 4.79 Å². The van der Waals surface area contributed by atoms with Gasteiger partial charge in [-0.1, -0.05) is 65.8 Å². The SMILES string of the molecule is CC1CCC(C(C)(C)c2ccc(C(C)(C)C)cc2)C(=O)C1. The molecule has 0 aliphatic heterocycles. The maximum absolute atomic E-state index is 12.5. The van der Waals surface area contributed by atoms with Crippen molar-refractivity contribution in [3.63, 3.8) is 0 Å². The van der Waals surface area contributed by atoms with Crippen LogP contribution in [-0.4, -0.2) is 5.78 Å². The van der Waals surface area contributed by atoms with Crippen molar-refractivity contribution in [3.05, 3.63) is 35.4 Å². The molecular formula is C20H30O. The van der Waals surface area contributed by atoms with E-state index in [4.69, 9.17) is 0 Å². The normalized spacial score (nSPS) is 24.2. The average molecular weight is 286 g/mol. The van der Waals surface area contributed by atoms with Crippen LogP contribution in [0, 0.1) is 11.8 Å². The summed E-state index contributed by atoms with van der Waals surface area (Å²) >= 11 is 0. The number of Topliss-reactive ketones (excluding diaryl/α,β-unsaturated/α-hetero) is 1. The van der Waals surface area contributed by atoms with Gasteiger partial charge in [-0.05, 0) is 40.7 Å². The predicted molar refractivity (Wildman–Crippen MR) is 89.7 cm³/mol. The molecule has 0 amide bonds. The van der Waals surface area contributed by atoms with Crippen LogP contribution in [0.2, 0.25) is 0 Å². The molecule has 2 rings (SSSR count). The van der Waals surface area contributed by atoms with E-state index in [0.29, 0.717) is 11.7 Å². The third-order valence-corrected chi connectivity index (χ3v) is 5.25. The molecule has 1 aromatic carbocycles. The summed E-state index contributed by atoms with van der Waals surface area (Å²) in [5.74, 6) is 1.20. The van der Waals surface area contributed by atoms with Crippen molar-refractivity contribution in [1.29, 1.82) is 0 Å². The molecule has 1 heteroatoms. The molecule has 0 aromatic heterocycles. The molecular weight excluding hydrogens is 256 g/mol. The van der Waals surface area contributed by atoms with Crippen molar-refractivity contribution < 1.29 is 4.79 Å². The third kappa shape index (κ3) is 3.39. The van der Waals surface area contributed by atoms with E-state index in [1.807, 2.05) is 0 Å². The number of hydrogen-bond donors (Lipinski definition) is 0. The number of carbonyl (C=O) groups excluding carboxylic acids is 1. The first-order valence-corrected chi connectivity index (χ1v) is 8.26. The molecule has 0 heterocycles. The van der Waals surface area contributed by atoms with Gasteiger partial charge >= 0.3 is 0 Å². The highest BCUT2D eigenvalue weighted by molar-refractivity contribution is 5.83. The second-order valence-electron chi connectivity index (χ2n) is 8.45. The summed E-state index contributed by atoms with van der Waals surface area (Å²) in [5, 5.41) is 0. The molecule has 1 saturated carbocycles. The van der Waals surface area contributed by atoms with Gasteiger partial charge in [-0.15, -0.1) is 0 Å². The van der Waals surface area contributed by atoms with Crippen LogP contribution in [0.15, 0.2) is 24.3 Å². The average Bonchev–Trinajstić information content (AvgIpc) is 2.37. The second-order valence-corrected chi connectivity index (χ2v) is 8.45. The quantitative estimate of drug-likeness (QED) is 0.724. The first-order valence-electron chi connectivity index (χ1n) is 8.26. The van der Waals surface area contributed by atoms with Crippen LogP contribution in [0.25, 0.3) is 0 Å². The van der Waals surface area contributed by atoms with Crippen LogP contribution in [0.5, 0.6) is 0 Å². The molecule has 1 aliphatic rings. The molecule has 0 spiro atoms. The maximum atomic E-state index is 12.5. The first-order chi connectivity index (χ1) is 9.62. The summed E-state index contributed by atoms with van der Waals surface area (Å²) in [7, 11) is 0. The van der Waals surface area contributed by atoms with Crippen molar-refractivity contribution >= 4 is 5.78 Å². The number of rotatable bonds is 2. The van der Waals surface area contributed by atoms with Gasteiger partial charge in [0, 0.05) is 12.3 Å². The molecule has 1 nitrogen and oxygen atoms in total. The molecule has 116 valence electrons. The maximum Gasteiger partial charge on any atom is 0.137 e. The van der Waals surface area contributed by atoms with Gasteiger partial charge in [-0.25, -0.2) is 0 Å². The summed E-state index contributed by atoms with van der Waals surface area (Å²) < 4.78 is 0. The summed E-state index contributed by atoms with van der Waals surface area (Å²) in [6.07, 6.45) is 2.97. The Bertz CT molecular complexity index is 502. The van der Waals surface area contributed by atoms with Gasteiger partial charge in [0.1, 0.15) is 5.78 Å². The van der Waals surface area contributed by atoms with Gasteiger partial charge < -0.3 is 0 Å². The smallest absolute Gasteiger partial charge is 0.137 e. The third-order valence-electron chi connectivity index (χ3n) is 5.25. The van der Waals surface area contributed by atoms with Gasteiger partial charge in [-0.3, -0.25) is 4.79 Å². The van der Waals surface area contributed by atoms with Gasteiger partial charge in [0.05, 0.1) is 0 Å². The molecule has 1 fully saturated rings. The zero-order chi connectivity index (χ0) is 15.8. The minimum Gasteiger partial charge on any atom is -0.299 e. The lowest BCUT2D eigenvalue weighted by Crippen LogP contribution is -2.38. The van der Waals surface area contributed by atoms with Crippen LogP contribution >= 0.6 is 0 Å². The van der Waals surface area contributed by atoms with Crippen molar-refractivity contribution in [1.82, 2.24) is 0 Å². The molecule has 0 N–H and O–H groups in total. The van der Waals surface area contributed by atoms with Gasteiger partial charge in [-0.2, -0.15) is 0 Å². The zero-order valence-electron chi connectivity index (χ0n) is 14.5. The van der Waals surface area contributed by atoms with Gasteiger partial charge in [0.2, 0.25) is 0 Å². The monoisotopic (exact) mass is 286 g/mol. The fourth-order valence-electron chi connectivity index (χ4n) is 3.56. The minimum atomic E-state index is -0.0619. The van der Waals surface area contributed by atoms with Crippen molar-refractivity contribution in [2.45, 2.75) is 71.6 Å². The highest BCUT2D eigenvalue weighted by Crippen LogP contribution is 2.40. The van der Waals surface area contributed by atoms with E-state index in [0.717, 1.165) is 12.8 Å². The second kappa shape index (κ2) is 5.59. The lowest BCUT2D eigenvalue weighted by atomic mass is 9.65. The molecule has 2 atom stereocenters. The fourth-order valence-corrected chi connectivity index (χ4v) is 3.56. The van der Waals surface area contributed by atoms with E-state index in [-0.39, 0.29) is 16.7 Å². The van der Waals surface area contributed by atoms with Crippen LogP contribution in [0.3, 0.4) is 0 Å². The molecule has 1 aromatic rings. The van der Waals surface area contributed by atoms with Gasteiger partial charge in [0.25, 0.3) is 0 Å². The van der Waals surface area contributed by atoms with E-state index in [1.165, 1.54) is 17.5 Å². The Kier molecular flexibility index (Phi) is 4.33. The molecule has 0 saturated heterocycles. The fraction of sp³-hybridized carbons (Fsp3) is 0.650. The number of ketones is 1. The highest BCUT2D eigenvalue weighted by Gasteiger charge is 2.39. The molecule has 0 bridgehead atoms. The Morgan fingerprint density at radius 3 is 1.90 bits per heavy atom. The van der Waals surface area contributed by atoms with E-state index < -0.39 is 0 Å². The Morgan fingerprint density at radius 2 is 1.43 bits per heavy atom. The van der Waals surface area contributed by atoms with Crippen molar-refractivity contribution in [3.8, 4) is 0 Å². The number of hydrogen-bond acceptors (Lipinski definition) is 1. The van der Waals surface area contributed by atoms with Crippen LogP contribution in [-0.2, 0) is 15.6 Å². The van der Waals surface area contributed by atoms with Crippen molar-refractivity contribution in [2.75, 3.05) is 0 Å². The molecule has 0 radical (unpaired) electrons. The number of benzene rings is 1. The molecule has 1 aliphatic carbocycles. The predicted octanol–water partition coefficient (Wildman–Crippen LogP) is 5.27.